The van der Waals surface area contributed by atoms with Crippen molar-refractivity contribution < 1.29 is 0 Å². The average molecular weight is 273 g/mol. The SMILES string of the molecule is CCc1ccc(CC(NC)c2ccc(CC)s2)cc1. The van der Waals surface area contributed by atoms with Crippen molar-refractivity contribution in [3.05, 3.63) is 57.3 Å². The average Bonchev–Trinajstić information content (AvgIpc) is 2.94. The highest BCUT2D eigenvalue weighted by Crippen LogP contribution is 2.26. The molecule has 0 radical (unpaired) electrons. The van der Waals surface area contributed by atoms with Gasteiger partial charge in [0.2, 0.25) is 0 Å². The van der Waals surface area contributed by atoms with Gasteiger partial charge in [-0.05, 0) is 49.6 Å². The van der Waals surface area contributed by atoms with E-state index in [1.807, 2.05) is 11.3 Å². The van der Waals surface area contributed by atoms with Crippen molar-refractivity contribution in [3.8, 4) is 0 Å². The van der Waals surface area contributed by atoms with Crippen LogP contribution in [0.1, 0.15) is 40.8 Å². The largest absolute Gasteiger partial charge is 0.312 e. The maximum Gasteiger partial charge on any atom is 0.0453 e. The van der Waals surface area contributed by atoms with Gasteiger partial charge in [-0.3, -0.25) is 0 Å². The lowest BCUT2D eigenvalue weighted by molar-refractivity contribution is 0.602. The van der Waals surface area contributed by atoms with E-state index in [0.29, 0.717) is 6.04 Å². The summed E-state index contributed by atoms with van der Waals surface area (Å²) in [6, 6.07) is 14.0. The molecule has 102 valence electrons. The zero-order valence-electron chi connectivity index (χ0n) is 12.1. The van der Waals surface area contributed by atoms with Crippen molar-refractivity contribution in [2.45, 2.75) is 39.2 Å². The summed E-state index contributed by atoms with van der Waals surface area (Å²) < 4.78 is 0. The lowest BCUT2D eigenvalue weighted by Gasteiger charge is -2.15. The van der Waals surface area contributed by atoms with Gasteiger partial charge in [0.15, 0.2) is 0 Å². The first-order valence-corrected chi connectivity index (χ1v) is 7.92. The van der Waals surface area contributed by atoms with Crippen LogP contribution in [0.2, 0.25) is 0 Å². The number of nitrogens with one attached hydrogen (secondary N) is 1. The normalized spacial score (nSPS) is 12.6. The molecule has 0 spiro atoms. The lowest BCUT2D eigenvalue weighted by atomic mass is 10.0. The van der Waals surface area contributed by atoms with Crippen LogP contribution in [-0.4, -0.2) is 7.05 Å². The molecule has 1 aromatic heterocycles. The number of hydrogen-bond acceptors (Lipinski definition) is 2. The maximum absolute atomic E-state index is 3.44. The van der Waals surface area contributed by atoms with Crippen molar-refractivity contribution in [1.29, 1.82) is 0 Å². The molecule has 0 aliphatic heterocycles. The summed E-state index contributed by atoms with van der Waals surface area (Å²) >= 11 is 1.93. The first kappa shape index (κ1) is 14.3. The molecule has 1 unspecified atom stereocenters. The van der Waals surface area contributed by atoms with Gasteiger partial charge < -0.3 is 5.32 Å². The van der Waals surface area contributed by atoms with E-state index < -0.39 is 0 Å². The van der Waals surface area contributed by atoms with Crippen LogP contribution in [0.25, 0.3) is 0 Å². The minimum atomic E-state index is 0.428. The summed E-state index contributed by atoms with van der Waals surface area (Å²) in [7, 11) is 2.05. The van der Waals surface area contributed by atoms with E-state index in [9.17, 15) is 0 Å². The Bertz CT molecular complexity index is 498. The predicted octanol–water partition coefficient (Wildman–Crippen LogP) is 4.38. The van der Waals surface area contributed by atoms with E-state index in [-0.39, 0.29) is 0 Å². The minimum absolute atomic E-state index is 0.428. The zero-order valence-corrected chi connectivity index (χ0v) is 12.9. The summed E-state index contributed by atoms with van der Waals surface area (Å²) in [6.45, 7) is 4.41. The van der Waals surface area contributed by atoms with Gasteiger partial charge in [0.1, 0.15) is 0 Å². The van der Waals surface area contributed by atoms with E-state index in [1.54, 1.807) is 0 Å². The summed E-state index contributed by atoms with van der Waals surface area (Å²) in [5.41, 5.74) is 2.82. The first-order valence-electron chi connectivity index (χ1n) is 7.10. The monoisotopic (exact) mass is 273 g/mol. The molecule has 0 bridgehead atoms. The quantitative estimate of drug-likeness (QED) is 0.824. The number of aryl methyl sites for hydroxylation is 2. The van der Waals surface area contributed by atoms with E-state index >= 15 is 0 Å². The van der Waals surface area contributed by atoms with Crippen LogP contribution >= 0.6 is 11.3 Å². The molecular weight excluding hydrogens is 250 g/mol. The fraction of sp³-hybridized carbons (Fsp3) is 0.412. The van der Waals surface area contributed by atoms with Gasteiger partial charge in [-0.1, -0.05) is 38.1 Å². The number of benzene rings is 1. The van der Waals surface area contributed by atoms with Gasteiger partial charge >= 0.3 is 0 Å². The Kier molecular flexibility index (Phi) is 5.17. The second kappa shape index (κ2) is 6.88. The van der Waals surface area contributed by atoms with Crippen LogP contribution in [0.4, 0.5) is 0 Å². The molecule has 0 fully saturated rings. The Morgan fingerprint density at radius 1 is 0.947 bits per heavy atom. The van der Waals surface area contributed by atoms with Crippen molar-refractivity contribution in [3.63, 3.8) is 0 Å². The third kappa shape index (κ3) is 3.68. The first-order chi connectivity index (χ1) is 9.26. The fourth-order valence-corrected chi connectivity index (χ4v) is 3.33. The Labute approximate surface area is 120 Å². The third-order valence-electron chi connectivity index (χ3n) is 3.59. The second-order valence-corrected chi connectivity index (χ2v) is 6.07. The molecule has 1 N–H and O–H groups in total. The van der Waals surface area contributed by atoms with Gasteiger partial charge in [-0.15, -0.1) is 11.3 Å². The summed E-state index contributed by atoms with van der Waals surface area (Å²) in [5.74, 6) is 0. The van der Waals surface area contributed by atoms with Gasteiger partial charge in [0, 0.05) is 15.8 Å². The third-order valence-corrected chi connectivity index (χ3v) is 4.94. The molecule has 2 rings (SSSR count). The smallest absolute Gasteiger partial charge is 0.0453 e. The molecule has 1 aromatic carbocycles. The van der Waals surface area contributed by atoms with Crippen LogP contribution in [0, 0.1) is 0 Å². The second-order valence-electron chi connectivity index (χ2n) is 4.87. The standard InChI is InChI=1S/C17H23NS/c1-4-13-6-8-14(9-7-13)12-16(18-3)17-11-10-15(5-2)19-17/h6-11,16,18H,4-5,12H2,1-3H3. The fourth-order valence-electron chi connectivity index (χ4n) is 2.26. The highest BCUT2D eigenvalue weighted by molar-refractivity contribution is 7.12. The molecule has 1 atom stereocenters. The molecular formula is C17H23NS. The highest BCUT2D eigenvalue weighted by Gasteiger charge is 2.12. The number of rotatable bonds is 6. The molecule has 1 heterocycles. The molecule has 0 amide bonds. The molecule has 2 aromatic rings. The summed E-state index contributed by atoms with van der Waals surface area (Å²) in [6.07, 6.45) is 3.30. The number of hydrogen-bond donors (Lipinski definition) is 1. The molecule has 0 aliphatic carbocycles. The van der Waals surface area contributed by atoms with Crippen LogP contribution in [-0.2, 0) is 19.3 Å². The molecule has 0 saturated carbocycles. The van der Waals surface area contributed by atoms with Gasteiger partial charge in [0.05, 0.1) is 0 Å². The highest BCUT2D eigenvalue weighted by atomic mass is 32.1. The van der Waals surface area contributed by atoms with Gasteiger partial charge in [-0.2, -0.15) is 0 Å². The Hall–Kier alpha value is -1.12. The molecule has 2 heteroatoms. The van der Waals surface area contributed by atoms with Gasteiger partial charge in [0.25, 0.3) is 0 Å². The Morgan fingerprint density at radius 3 is 2.16 bits per heavy atom. The van der Waals surface area contributed by atoms with Crippen molar-refractivity contribution in [2.24, 2.45) is 0 Å². The van der Waals surface area contributed by atoms with Crippen LogP contribution in [0.3, 0.4) is 0 Å². The summed E-state index contributed by atoms with van der Waals surface area (Å²) in [4.78, 5) is 2.91. The van der Waals surface area contributed by atoms with Crippen molar-refractivity contribution in [1.82, 2.24) is 5.32 Å². The van der Waals surface area contributed by atoms with E-state index in [0.717, 1.165) is 19.3 Å². The maximum atomic E-state index is 3.44. The molecule has 19 heavy (non-hydrogen) atoms. The van der Waals surface area contributed by atoms with E-state index in [1.165, 1.54) is 20.9 Å². The Balaban J connectivity index is 2.09. The minimum Gasteiger partial charge on any atom is -0.312 e. The van der Waals surface area contributed by atoms with Gasteiger partial charge in [-0.25, -0.2) is 0 Å². The topological polar surface area (TPSA) is 12.0 Å². The van der Waals surface area contributed by atoms with Crippen molar-refractivity contribution in [2.75, 3.05) is 7.05 Å². The van der Waals surface area contributed by atoms with Crippen LogP contribution in [0.15, 0.2) is 36.4 Å². The predicted molar refractivity (Wildman–Crippen MR) is 85.0 cm³/mol. The number of likely N-dealkylation sites (N-methyl/N-ethyl adjacent to an activating group) is 1. The zero-order chi connectivity index (χ0) is 13.7. The lowest BCUT2D eigenvalue weighted by Crippen LogP contribution is -2.17. The molecule has 0 aliphatic rings. The summed E-state index contributed by atoms with van der Waals surface area (Å²) in [5, 5.41) is 3.44. The van der Waals surface area contributed by atoms with Crippen LogP contribution in [0.5, 0.6) is 0 Å². The molecule has 1 nitrogen and oxygen atoms in total. The van der Waals surface area contributed by atoms with Crippen LogP contribution < -0.4 is 5.32 Å². The van der Waals surface area contributed by atoms with Crippen molar-refractivity contribution >= 4 is 11.3 Å². The number of thiophene rings is 1. The van der Waals surface area contributed by atoms with E-state index in [4.69, 9.17) is 0 Å². The Morgan fingerprint density at radius 2 is 1.63 bits per heavy atom. The molecule has 0 saturated heterocycles. The van der Waals surface area contributed by atoms with E-state index in [2.05, 4.69) is 62.6 Å².